The van der Waals surface area contributed by atoms with E-state index in [9.17, 15) is 4.79 Å². The molecule has 4 nitrogen and oxygen atoms in total. The maximum absolute atomic E-state index is 12.6. The lowest BCUT2D eigenvalue weighted by molar-refractivity contribution is 0.0194. The molecule has 1 amide bonds. The Bertz CT molecular complexity index is 757. The van der Waals surface area contributed by atoms with Gasteiger partial charge in [-0.1, -0.05) is 42.1 Å². The number of benzene rings is 1. The van der Waals surface area contributed by atoms with Gasteiger partial charge in [-0.15, -0.1) is 0 Å². The average molecular weight is 426 g/mol. The van der Waals surface area contributed by atoms with Crippen molar-refractivity contribution in [2.24, 2.45) is 11.8 Å². The van der Waals surface area contributed by atoms with E-state index in [1.54, 1.807) is 0 Å². The molecule has 2 aliphatic carbocycles. The minimum Gasteiger partial charge on any atom is -0.444 e. The van der Waals surface area contributed by atoms with Crippen LogP contribution in [0.4, 0.5) is 4.79 Å². The molecule has 0 radical (unpaired) electrons. The number of carbonyl (C=O) groups excluding carboxylic acids is 1. The number of halogens is 2. The van der Waals surface area contributed by atoms with E-state index in [0.29, 0.717) is 41.1 Å². The van der Waals surface area contributed by atoms with Crippen molar-refractivity contribution in [1.82, 2.24) is 4.90 Å². The Morgan fingerprint density at radius 3 is 2.57 bits per heavy atom. The standard InChI is InChI=1S/C22H29Cl2NO3/c1-21(2,3)28-20(26)25-11-16-17(12-27-15-6-4-5-7-15)22(16,13-25)14-8-9-18(23)19(24)10-14/h8-10,15-17H,4-7,11-13H2,1-3H3/t16-,17-,22+/m0/s1. The van der Waals surface area contributed by atoms with E-state index in [-0.39, 0.29) is 11.5 Å². The molecule has 1 aliphatic heterocycles. The highest BCUT2D eigenvalue weighted by molar-refractivity contribution is 6.42. The van der Waals surface area contributed by atoms with E-state index in [4.69, 9.17) is 32.7 Å². The first-order chi connectivity index (χ1) is 13.2. The summed E-state index contributed by atoms with van der Waals surface area (Å²) in [4.78, 5) is 14.5. The molecule has 0 aromatic heterocycles. The quantitative estimate of drug-likeness (QED) is 0.621. The Morgan fingerprint density at radius 1 is 1.21 bits per heavy atom. The van der Waals surface area contributed by atoms with Crippen molar-refractivity contribution < 1.29 is 14.3 Å². The molecule has 6 heteroatoms. The second kappa shape index (κ2) is 7.37. The number of carbonyl (C=O) groups is 1. The van der Waals surface area contributed by atoms with Crippen LogP contribution in [0.5, 0.6) is 0 Å². The van der Waals surface area contributed by atoms with Crippen LogP contribution in [-0.2, 0) is 14.9 Å². The van der Waals surface area contributed by atoms with Crippen LogP contribution in [0.2, 0.25) is 10.0 Å². The van der Waals surface area contributed by atoms with Crippen LogP contribution in [0.25, 0.3) is 0 Å². The van der Waals surface area contributed by atoms with E-state index in [1.165, 1.54) is 25.7 Å². The molecule has 1 saturated heterocycles. The van der Waals surface area contributed by atoms with Crippen molar-refractivity contribution in [2.45, 2.75) is 63.6 Å². The van der Waals surface area contributed by atoms with Crippen LogP contribution < -0.4 is 0 Å². The van der Waals surface area contributed by atoms with Gasteiger partial charge in [0.05, 0.1) is 22.8 Å². The van der Waals surface area contributed by atoms with Gasteiger partial charge >= 0.3 is 6.09 Å². The van der Waals surface area contributed by atoms with Crippen LogP contribution in [0.1, 0.15) is 52.0 Å². The largest absolute Gasteiger partial charge is 0.444 e. The van der Waals surface area contributed by atoms with Crippen LogP contribution in [-0.4, -0.2) is 42.4 Å². The van der Waals surface area contributed by atoms with Gasteiger partial charge in [0.15, 0.2) is 0 Å². The lowest BCUT2D eigenvalue weighted by atomic mass is 9.93. The van der Waals surface area contributed by atoms with Crippen LogP contribution >= 0.6 is 23.2 Å². The van der Waals surface area contributed by atoms with Gasteiger partial charge in [0, 0.05) is 18.5 Å². The predicted octanol–water partition coefficient (Wildman–Crippen LogP) is 5.69. The number of amides is 1. The lowest BCUT2D eigenvalue weighted by Crippen LogP contribution is -2.39. The van der Waals surface area contributed by atoms with Crippen LogP contribution in [0.15, 0.2) is 18.2 Å². The van der Waals surface area contributed by atoms with Gasteiger partial charge in [-0.25, -0.2) is 4.79 Å². The van der Waals surface area contributed by atoms with Crippen molar-refractivity contribution in [3.63, 3.8) is 0 Å². The summed E-state index contributed by atoms with van der Waals surface area (Å²) in [7, 11) is 0. The lowest BCUT2D eigenvalue weighted by Gasteiger charge is -2.28. The third-order valence-corrected chi connectivity index (χ3v) is 7.23. The highest BCUT2D eigenvalue weighted by Gasteiger charge is 2.70. The smallest absolute Gasteiger partial charge is 0.410 e. The van der Waals surface area contributed by atoms with Gasteiger partial charge in [-0.05, 0) is 63.1 Å². The maximum Gasteiger partial charge on any atom is 0.410 e. The van der Waals surface area contributed by atoms with Crippen LogP contribution in [0, 0.1) is 11.8 Å². The second-order valence-corrected chi connectivity index (χ2v) is 10.3. The SMILES string of the molecule is CC(C)(C)OC(=O)N1C[C@H]2[C@H](COC3CCCC3)[C@@]2(c2ccc(Cl)c(Cl)c2)C1. The number of hydrogen-bond donors (Lipinski definition) is 0. The summed E-state index contributed by atoms with van der Waals surface area (Å²) in [5.41, 5.74) is 0.549. The molecule has 154 valence electrons. The van der Waals surface area contributed by atoms with Crippen molar-refractivity contribution in [3.05, 3.63) is 33.8 Å². The Hall–Kier alpha value is -0.970. The van der Waals surface area contributed by atoms with Gasteiger partial charge in [-0.3, -0.25) is 0 Å². The first-order valence-corrected chi connectivity index (χ1v) is 11.0. The zero-order valence-electron chi connectivity index (χ0n) is 16.8. The molecule has 0 N–H and O–H groups in total. The monoisotopic (exact) mass is 425 g/mol. The fraction of sp³-hybridized carbons (Fsp3) is 0.682. The summed E-state index contributed by atoms with van der Waals surface area (Å²) in [5.74, 6) is 0.780. The topological polar surface area (TPSA) is 38.8 Å². The zero-order valence-corrected chi connectivity index (χ0v) is 18.4. The van der Waals surface area contributed by atoms with Gasteiger partial charge in [-0.2, -0.15) is 0 Å². The van der Waals surface area contributed by atoms with Gasteiger partial charge in [0.25, 0.3) is 0 Å². The molecular weight excluding hydrogens is 397 g/mol. The molecule has 2 saturated carbocycles. The fourth-order valence-electron chi connectivity index (χ4n) is 5.08. The Labute approximate surface area is 177 Å². The molecule has 0 unspecified atom stereocenters. The molecule has 3 fully saturated rings. The second-order valence-electron chi connectivity index (χ2n) is 9.48. The Morgan fingerprint density at radius 2 is 1.93 bits per heavy atom. The first-order valence-electron chi connectivity index (χ1n) is 10.3. The predicted molar refractivity (Wildman–Crippen MR) is 111 cm³/mol. The number of rotatable bonds is 4. The normalized spacial score (nSPS) is 29.8. The summed E-state index contributed by atoms with van der Waals surface area (Å²) >= 11 is 12.5. The summed E-state index contributed by atoms with van der Waals surface area (Å²) < 4.78 is 11.8. The highest BCUT2D eigenvalue weighted by atomic mass is 35.5. The Balaban J connectivity index is 1.52. The van der Waals surface area contributed by atoms with Crippen molar-refractivity contribution >= 4 is 29.3 Å². The number of piperidine rings is 1. The summed E-state index contributed by atoms with van der Waals surface area (Å²) in [6.07, 6.45) is 5.03. The van der Waals surface area contributed by atoms with E-state index in [1.807, 2.05) is 37.8 Å². The Kier molecular flexibility index (Phi) is 5.35. The minimum atomic E-state index is -0.494. The molecule has 4 rings (SSSR count). The maximum atomic E-state index is 12.6. The third kappa shape index (κ3) is 3.76. The minimum absolute atomic E-state index is 0.107. The molecule has 1 heterocycles. The van der Waals surface area contributed by atoms with Gasteiger partial charge in [0.1, 0.15) is 5.60 Å². The highest BCUT2D eigenvalue weighted by Crippen LogP contribution is 2.64. The number of likely N-dealkylation sites (tertiary alicyclic amines) is 1. The fourth-order valence-corrected chi connectivity index (χ4v) is 5.38. The molecule has 28 heavy (non-hydrogen) atoms. The summed E-state index contributed by atoms with van der Waals surface area (Å²) in [6, 6.07) is 5.87. The third-order valence-electron chi connectivity index (χ3n) is 6.49. The number of nitrogens with zero attached hydrogens (tertiary/aromatic N) is 1. The van der Waals surface area contributed by atoms with Crippen LogP contribution in [0.3, 0.4) is 0 Å². The van der Waals surface area contributed by atoms with Crippen molar-refractivity contribution in [2.75, 3.05) is 19.7 Å². The zero-order chi connectivity index (χ0) is 20.1. The summed E-state index contributed by atoms with van der Waals surface area (Å²) in [6.45, 7) is 7.78. The first kappa shape index (κ1) is 20.3. The molecule has 0 bridgehead atoms. The van der Waals surface area contributed by atoms with Gasteiger partial charge < -0.3 is 14.4 Å². The molecule has 1 aromatic rings. The molecule has 1 aromatic carbocycles. The van der Waals surface area contributed by atoms with Crippen molar-refractivity contribution in [3.8, 4) is 0 Å². The van der Waals surface area contributed by atoms with Gasteiger partial charge in [0.2, 0.25) is 0 Å². The van der Waals surface area contributed by atoms with Crippen molar-refractivity contribution in [1.29, 1.82) is 0 Å². The molecule has 3 aliphatic rings. The molecule has 3 atom stereocenters. The summed E-state index contributed by atoms with van der Waals surface area (Å²) in [5, 5.41) is 1.12. The van der Waals surface area contributed by atoms with E-state index in [2.05, 4.69) is 6.07 Å². The molecule has 0 spiro atoms. The number of hydrogen-bond acceptors (Lipinski definition) is 3. The van der Waals surface area contributed by atoms with E-state index < -0.39 is 5.60 Å². The van der Waals surface area contributed by atoms with E-state index >= 15 is 0 Å². The number of ether oxygens (including phenoxy) is 2. The molecular formula is C22H29Cl2NO3. The average Bonchev–Trinajstić information content (AvgIpc) is 3.02. The van der Waals surface area contributed by atoms with E-state index in [0.717, 1.165) is 12.2 Å². The number of fused-ring (bicyclic) bond motifs is 1.